The molecule has 1 heterocycles. The molecule has 120 valence electrons. The second-order valence-electron chi connectivity index (χ2n) is 5.46. The molecule has 2 rings (SSSR count). The molecule has 1 aromatic rings. The van der Waals surface area contributed by atoms with Crippen LogP contribution in [0, 0.1) is 0 Å². The lowest BCUT2D eigenvalue weighted by molar-refractivity contribution is -0.133. The molecule has 0 aliphatic carbocycles. The van der Waals surface area contributed by atoms with Gasteiger partial charge in [0.25, 0.3) is 0 Å². The summed E-state index contributed by atoms with van der Waals surface area (Å²) in [6, 6.07) is 7.05. The number of ether oxygens (including phenoxy) is 1. The Kier molecular flexibility index (Phi) is 5.77. The maximum atomic E-state index is 12.2. The monoisotopic (exact) mass is 305 g/mol. The van der Waals surface area contributed by atoms with Crippen LogP contribution >= 0.6 is 0 Å². The zero-order chi connectivity index (χ0) is 15.9. The van der Waals surface area contributed by atoms with Crippen molar-refractivity contribution in [3.8, 4) is 5.75 Å². The van der Waals surface area contributed by atoms with Crippen LogP contribution in [-0.2, 0) is 4.79 Å². The minimum Gasteiger partial charge on any atom is -0.493 e. The van der Waals surface area contributed by atoms with Gasteiger partial charge in [-0.3, -0.25) is 9.59 Å². The molecule has 1 aromatic carbocycles. The summed E-state index contributed by atoms with van der Waals surface area (Å²) >= 11 is 0. The molecule has 1 fully saturated rings. The molecule has 6 heteroatoms. The first kappa shape index (κ1) is 16.3. The minimum absolute atomic E-state index is 0.103. The molecule has 0 aromatic heterocycles. The number of carbonyl (C=O) groups is 2. The highest BCUT2D eigenvalue weighted by Gasteiger charge is 2.22. The smallest absolute Gasteiger partial charge is 0.248 e. The van der Waals surface area contributed by atoms with Gasteiger partial charge < -0.3 is 20.7 Å². The highest BCUT2D eigenvalue weighted by molar-refractivity contribution is 5.93. The summed E-state index contributed by atoms with van der Waals surface area (Å²) in [5, 5.41) is 3.22. The number of hydrogen-bond acceptors (Lipinski definition) is 4. The third-order valence-electron chi connectivity index (χ3n) is 3.89. The molecular formula is C16H23N3O3. The second kappa shape index (κ2) is 7.79. The second-order valence-corrected chi connectivity index (χ2v) is 5.46. The van der Waals surface area contributed by atoms with Gasteiger partial charge in [-0.15, -0.1) is 0 Å². The third kappa shape index (κ3) is 4.46. The van der Waals surface area contributed by atoms with Gasteiger partial charge in [0.2, 0.25) is 11.8 Å². The van der Waals surface area contributed by atoms with Crippen LogP contribution in [0.1, 0.15) is 29.6 Å². The number of amides is 2. The van der Waals surface area contributed by atoms with Gasteiger partial charge in [-0.2, -0.15) is 0 Å². The standard InChI is InChI=1S/C16H23N3O3/c1-18-13-5-3-8-19(11-13)15(20)7-9-22-14-6-2-4-12(10-14)16(17)21/h2,4,6,10,13,18H,3,5,7-9,11H2,1H3,(H2,17,21). The maximum Gasteiger partial charge on any atom is 0.248 e. The van der Waals surface area contributed by atoms with E-state index in [4.69, 9.17) is 10.5 Å². The van der Waals surface area contributed by atoms with Crippen molar-refractivity contribution < 1.29 is 14.3 Å². The van der Waals surface area contributed by atoms with Gasteiger partial charge in [-0.1, -0.05) is 6.07 Å². The first-order valence-corrected chi connectivity index (χ1v) is 7.58. The minimum atomic E-state index is -0.493. The van der Waals surface area contributed by atoms with Crippen molar-refractivity contribution in [3.63, 3.8) is 0 Å². The normalized spacial score (nSPS) is 18.0. The van der Waals surface area contributed by atoms with E-state index in [9.17, 15) is 9.59 Å². The van der Waals surface area contributed by atoms with E-state index >= 15 is 0 Å². The molecular weight excluding hydrogens is 282 g/mol. The SMILES string of the molecule is CNC1CCCN(C(=O)CCOc2cccc(C(N)=O)c2)C1. The molecule has 0 saturated carbocycles. The van der Waals surface area contributed by atoms with E-state index in [1.807, 2.05) is 11.9 Å². The first-order chi connectivity index (χ1) is 10.6. The van der Waals surface area contributed by atoms with Gasteiger partial charge in [-0.05, 0) is 38.1 Å². The van der Waals surface area contributed by atoms with Crippen molar-refractivity contribution in [1.82, 2.24) is 10.2 Å². The molecule has 0 radical (unpaired) electrons. The predicted molar refractivity (Wildman–Crippen MR) is 83.7 cm³/mol. The summed E-state index contributed by atoms with van der Waals surface area (Å²) < 4.78 is 5.54. The number of carbonyl (C=O) groups excluding carboxylic acids is 2. The first-order valence-electron chi connectivity index (χ1n) is 7.58. The highest BCUT2D eigenvalue weighted by atomic mass is 16.5. The number of nitrogens with two attached hydrogens (primary N) is 1. The average molecular weight is 305 g/mol. The van der Waals surface area contributed by atoms with Crippen LogP contribution in [0.4, 0.5) is 0 Å². The van der Waals surface area contributed by atoms with E-state index in [1.165, 1.54) is 0 Å². The Morgan fingerprint density at radius 1 is 1.45 bits per heavy atom. The van der Waals surface area contributed by atoms with Crippen LogP contribution in [0.5, 0.6) is 5.75 Å². The molecule has 1 unspecified atom stereocenters. The Hall–Kier alpha value is -2.08. The van der Waals surface area contributed by atoms with E-state index < -0.39 is 5.91 Å². The summed E-state index contributed by atoms with van der Waals surface area (Å²) in [6.45, 7) is 1.86. The van der Waals surface area contributed by atoms with Crippen LogP contribution in [0.25, 0.3) is 0 Å². The fraction of sp³-hybridized carbons (Fsp3) is 0.500. The summed E-state index contributed by atoms with van der Waals surface area (Å²) in [5.74, 6) is 0.162. The van der Waals surface area contributed by atoms with Crippen molar-refractivity contribution >= 4 is 11.8 Å². The number of piperidine rings is 1. The number of likely N-dealkylation sites (tertiary alicyclic amines) is 1. The molecule has 1 atom stereocenters. The number of nitrogens with one attached hydrogen (secondary N) is 1. The summed E-state index contributed by atoms with van der Waals surface area (Å²) in [7, 11) is 1.92. The zero-order valence-corrected chi connectivity index (χ0v) is 12.9. The van der Waals surface area contributed by atoms with E-state index in [-0.39, 0.29) is 5.91 Å². The summed E-state index contributed by atoms with van der Waals surface area (Å²) in [6.07, 6.45) is 2.46. The Bertz CT molecular complexity index is 533. The van der Waals surface area contributed by atoms with Gasteiger partial charge in [0.05, 0.1) is 13.0 Å². The number of nitrogens with zero attached hydrogens (tertiary/aromatic N) is 1. The van der Waals surface area contributed by atoms with Crippen molar-refractivity contribution in [3.05, 3.63) is 29.8 Å². The Balaban J connectivity index is 1.79. The van der Waals surface area contributed by atoms with Gasteiger partial charge in [0, 0.05) is 24.7 Å². The fourth-order valence-electron chi connectivity index (χ4n) is 2.59. The predicted octanol–water partition coefficient (Wildman–Crippen LogP) is 0.765. The lowest BCUT2D eigenvalue weighted by Crippen LogP contribution is -2.47. The zero-order valence-electron chi connectivity index (χ0n) is 12.9. The molecule has 0 bridgehead atoms. The van der Waals surface area contributed by atoms with Gasteiger partial charge in [-0.25, -0.2) is 0 Å². The molecule has 22 heavy (non-hydrogen) atoms. The third-order valence-corrected chi connectivity index (χ3v) is 3.89. The molecule has 0 spiro atoms. The Morgan fingerprint density at radius 2 is 2.27 bits per heavy atom. The summed E-state index contributed by atoms with van der Waals surface area (Å²) in [5.41, 5.74) is 5.62. The lowest BCUT2D eigenvalue weighted by Gasteiger charge is -2.32. The topological polar surface area (TPSA) is 84.7 Å². The van der Waals surface area contributed by atoms with E-state index in [0.29, 0.717) is 30.4 Å². The summed E-state index contributed by atoms with van der Waals surface area (Å²) in [4.78, 5) is 25.2. The van der Waals surface area contributed by atoms with Crippen LogP contribution in [0.2, 0.25) is 0 Å². The van der Waals surface area contributed by atoms with Crippen LogP contribution in [0.3, 0.4) is 0 Å². The maximum absolute atomic E-state index is 12.2. The molecule has 1 saturated heterocycles. The van der Waals surface area contributed by atoms with Crippen LogP contribution < -0.4 is 15.8 Å². The van der Waals surface area contributed by atoms with E-state index in [1.54, 1.807) is 24.3 Å². The Morgan fingerprint density at radius 3 is 3.00 bits per heavy atom. The number of benzene rings is 1. The largest absolute Gasteiger partial charge is 0.493 e. The van der Waals surface area contributed by atoms with Gasteiger partial charge >= 0.3 is 0 Å². The highest BCUT2D eigenvalue weighted by Crippen LogP contribution is 2.14. The van der Waals surface area contributed by atoms with Crippen LogP contribution in [0.15, 0.2) is 24.3 Å². The van der Waals surface area contributed by atoms with Gasteiger partial charge in [0.15, 0.2) is 0 Å². The van der Waals surface area contributed by atoms with E-state index in [2.05, 4.69) is 5.32 Å². The van der Waals surface area contributed by atoms with Gasteiger partial charge in [0.1, 0.15) is 5.75 Å². The average Bonchev–Trinajstić information content (AvgIpc) is 2.55. The molecule has 1 aliphatic rings. The van der Waals surface area contributed by atoms with Crippen LogP contribution in [-0.4, -0.2) is 49.5 Å². The number of hydrogen-bond donors (Lipinski definition) is 2. The quantitative estimate of drug-likeness (QED) is 0.813. The fourth-order valence-corrected chi connectivity index (χ4v) is 2.59. The Labute approximate surface area is 130 Å². The van der Waals surface area contributed by atoms with Crippen molar-refractivity contribution in [2.75, 3.05) is 26.7 Å². The van der Waals surface area contributed by atoms with Crippen molar-refractivity contribution in [2.45, 2.75) is 25.3 Å². The number of rotatable bonds is 6. The molecule has 2 amide bonds. The molecule has 3 N–H and O–H groups in total. The molecule has 1 aliphatic heterocycles. The number of primary amides is 1. The lowest BCUT2D eigenvalue weighted by atomic mass is 10.1. The molecule has 6 nitrogen and oxygen atoms in total. The van der Waals surface area contributed by atoms with Crippen molar-refractivity contribution in [1.29, 1.82) is 0 Å². The number of likely N-dealkylation sites (N-methyl/N-ethyl adjacent to an activating group) is 1. The van der Waals surface area contributed by atoms with E-state index in [0.717, 1.165) is 25.9 Å². The van der Waals surface area contributed by atoms with Crippen molar-refractivity contribution in [2.24, 2.45) is 5.73 Å².